The zero-order chi connectivity index (χ0) is 44.7. The summed E-state index contributed by atoms with van der Waals surface area (Å²) in [6, 6.07) is 24.2. The molecule has 0 radical (unpaired) electrons. The number of rotatable bonds is 14. The third kappa shape index (κ3) is 10.7. The Hall–Kier alpha value is -6.32. The predicted octanol–water partition coefficient (Wildman–Crippen LogP) is 6.09. The van der Waals surface area contributed by atoms with Gasteiger partial charge in [0.05, 0.1) is 17.8 Å². The Morgan fingerprint density at radius 1 is 0.875 bits per heavy atom. The van der Waals surface area contributed by atoms with Crippen LogP contribution in [0.5, 0.6) is 0 Å². The number of hydrogen-bond acceptors (Lipinski definition) is 9. The molecule has 334 valence electrons. The maximum atomic E-state index is 15.5. The van der Waals surface area contributed by atoms with Crippen LogP contribution in [0, 0.1) is 17.6 Å². The fourth-order valence-corrected chi connectivity index (χ4v) is 9.28. The zero-order valence-corrected chi connectivity index (χ0v) is 36.3. The third-order valence-electron chi connectivity index (χ3n) is 12.8. The summed E-state index contributed by atoms with van der Waals surface area (Å²) in [5, 5.41) is 13.1. The van der Waals surface area contributed by atoms with E-state index in [2.05, 4.69) is 49.7 Å². The van der Waals surface area contributed by atoms with Crippen LogP contribution in [0.4, 0.5) is 20.3 Å². The van der Waals surface area contributed by atoms with Crippen LogP contribution < -0.4 is 20.9 Å². The number of carbonyl (C=O) groups is 4. The van der Waals surface area contributed by atoms with Crippen molar-refractivity contribution >= 4 is 35.1 Å². The fourth-order valence-electron chi connectivity index (χ4n) is 9.28. The number of benzene rings is 3. The first-order valence-electron chi connectivity index (χ1n) is 22.2. The molecule has 0 bridgehead atoms. The summed E-state index contributed by atoms with van der Waals surface area (Å²) >= 11 is 0. The molecule has 5 heterocycles. The summed E-state index contributed by atoms with van der Waals surface area (Å²) in [6.45, 7) is 8.61. The van der Waals surface area contributed by atoms with Gasteiger partial charge in [0.1, 0.15) is 30.0 Å². The number of likely N-dealkylation sites (tertiary alicyclic amines) is 1. The number of pyridine rings is 1. The lowest BCUT2D eigenvalue weighted by atomic mass is 9.90. The highest BCUT2D eigenvalue weighted by Gasteiger charge is 2.35. The highest BCUT2D eigenvalue weighted by Crippen LogP contribution is 2.32. The molecule has 3 N–H and O–H groups in total. The number of anilines is 2. The maximum Gasteiger partial charge on any atom is 0.247 e. The molecule has 15 heteroatoms. The molecule has 3 saturated heterocycles. The normalized spacial score (nSPS) is 20.2. The van der Waals surface area contributed by atoms with Crippen LogP contribution in [0.15, 0.2) is 104 Å². The lowest BCUT2D eigenvalue weighted by molar-refractivity contribution is -0.135. The molecule has 0 aliphatic carbocycles. The average Bonchev–Trinajstić information content (AvgIpc) is 3.76. The molecular formula is C49H55F2N9O4. The van der Waals surface area contributed by atoms with Gasteiger partial charge >= 0.3 is 0 Å². The first-order chi connectivity index (χ1) is 31.0. The van der Waals surface area contributed by atoms with Gasteiger partial charge in [-0.3, -0.25) is 34.1 Å². The number of piperazine rings is 1. The quantitative estimate of drug-likeness (QED) is 0.113. The highest BCUT2D eigenvalue weighted by molar-refractivity contribution is 6.01. The Morgan fingerprint density at radius 3 is 2.31 bits per heavy atom. The molecular weight excluding hydrogens is 817 g/mol. The van der Waals surface area contributed by atoms with Crippen LogP contribution >= 0.6 is 0 Å². The van der Waals surface area contributed by atoms with Gasteiger partial charge in [-0.1, -0.05) is 48.5 Å². The summed E-state index contributed by atoms with van der Waals surface area (Å²) in [5.74, 6) is -1.22. The van der Waals surface area contributed by atoms with Gasteiger partial charge in [-0.25, -0.2) is 13.8 Å². The molecule has 8 rings (SSSR count). The summed E-state index contributed by atoms with van der Waals surface area (Å²) in [7, 11) is 0. The number of hydrogen-bond donors (Lipinski definition) is 3. The molecule has 4 amide bonds. The van der Waals surface area contributed by atoms with Crippen LogP contribution in [0.3, 0.4) is 0 Å². The molecule has 1 unspecified atom stereocenters. The van der Waals surface area contributed by atoms with E-state index in [9.17, 15) is 23.6 Å². The zero-order valence-electron chi connectivity index (χ0n) is 36.3. The lowest BCUT2D eigenvalue weighted by Crippen LogP contribution is -2.58. The molecule has 4 atom stereocenters. The monoisotopic (exact) mass is 871 g/mol. The van der Waals surface area contributed by atoms with E-state index in [-0.39, 0.29) is 60.3 Å². The maximum absolute atomic E-state index is 15.5. The second kappa shape index (κ2) is 20.0. The van der Waals surface area contributed by atoms with E-state index < -0.39 is 12.0 Å². The second-order valence-electron chi connectivity index (χ2n) is 17.4. The number of aromatic nitrogens is 3. The minimum Gasteiger partial charge on any atom is -0.366 e. The number of nitrogens with one attached hydrogen (secondary N) is 3. The van der Waals surface area contributed by atoms with Crippen LogP contribution in [0.1, 0.15) is 68.2 Å². The molecule has 5 aromatic rings. The molecule has 13 nitrogen and oxygen atoms in total. The Labute approximate surface area is 372 Å². The number of piperidine rings is 2. The van der Waals surface area contributed by atoms with Crippen molar-refractivity contribution in [2.24, 2.45) is 5.92 Å². The Kier molecular flexibility index (Phi) is 13.9. The van der Waals surface area contributed by atoms with Crippen LogP contribution in [0.2, 0.25) is 0 Å². The number of nitrogens with zero attached hydrogens (tertiary/aromatic N) is 6. The van der Waals surface area contributed by atoms with Gasteiger partial charge in [0.25, 0.3) is 0 Å². The molecule has 3 aromatic carbocycles. The van der Waals surface area contributed by atoms with Crippen molar-refractivity contribution in [1.82, 2.24) is 35.2 Å². The largest absolute Gasteiger partial charge is 0.366 e. The third-order valence-corrected chi connectivity index (χ3v) is 12.8. The van der Waals surface area contributed by atoms with Crippen molar-refractivity contribution in [1.29, 1.82) is 0 Å². The first kappa shape index (κ1) is 44.3. The van der Waals surface area contributed by atoms with Crippen molar-refractivity contribution < 1.29 is 28.0 Å². The van der Waals surface area contributed by atoms with E-state index in [0.29, 0.717) is 68.6 Å². The number of carbonyl (C=O) groups excluding carboxylic acids is 4. The average molecular weight is 872 g/mol. The topological polar surface area (TPSA) is 145 Å². The minimum atomic E-state index is -0.625. The number of halogens is 2. The van der Waals surface area contributed by atoms with Gasteiger partial charge in [0, 0.05) is 81.3 Å². The van der Waals surface area contributed by atoms with Crippen molar-refractivity contribution in [2.45, 2.75) is 76.5 Å². The standard InChI is InChI=1S/C49H55F2N9O4/c1-32-27-58(43-15-10-37(24-42(43)51)41-14-17-45(61)56-48(41)63)28-33(2)60(32)29-35-19-22-57(23-20-35)46(62)31-59-30-39(26-54-59)38-11-16-44(53-25-38)55-49(64)47(36-6-4-3-5-7-36)52-21-18-34-8-12-40(50)13-9-34/h3-13,15-16,24-26,30,32-33,35,41,47,52H,14,17-23,27-29,31H2,1-2H3,(H,53,55,64)(H,56,61,63)/t32-,33+,41?,47-/m1/s1. The van der Waals surface area contributed by atoms with Gasteiger partial charge in [-0.2, -0.15) is 5.10 Å². The van der Waals surface area contributed by atoms with Gasteiger partial charge < -0.3 is 20.4 Å². The summed E-state index contributed by atoms with van der Waals surface area (Å²) < 4.78 is 30.5. The number of imide groups is 1. The van der Waals surface area contributed by atoms with Gasteiger partial charge in [-0.05, 0) is 98.5 Å². The molecule has 3 fully saturated rings. The van der Waals surface area contributed by atoms with E-state index in [1.54, 1.807) is 41.3 Å². The smallest absolute Gasteiger partial charge is 0.247 e. The minimum absolute atomic E-state index is 0.0181. The Bertz CT molecular complexity index is 2410. The van der Waals surface area contributed by atoms with E-state index in [1.807, 2.05) is 53.6 Å². The van der Waals surface area contributed by atoms with E-state index >= 15 is 4.39 Å². The summed E-state index contributed by atoms with van der Waals surface area (Å²) in [5.41, 5.74) is 4.50. The van der Waals surface area contributed by atoms with Gasteiger partial charge in [0.15, 0.2) is 0 Å². The van der Waals surface area contributed by atoms with Crippen LogP contribution in [0.25, 0.3) is 11.1 Å². The molecule has 0 spiro atoms. The molecule has 0 saturated carbocycles. The second-order valence-corrected chi connectivity index (χ2v) is 17.4. The molecule has 3 aliphatic rings. The number of amides is 4. The van der Waals surface area contributed by atoms with Crippen LogP contribution in [-0.2, 0) is 32.1 Å². The first-order valence-corrected chi connectivity index (χ1v) is 22.2. The molecule has 3 aliphatic heterocycles. The lowest BCUT2D eigenvalue weighted by Gasteiger charge is -2.47. The molecule has 64 heavy (non-hydrogen) atoms. The Morgan fingerprint density at radius 2 is 1.62 bits per heavy atom. The van der Waals surface area contributed by atoms with Crippen molar-refractivity contribution in [3.8, 4) is 11.1 Å². The van der Waals surface area contributed by atoms with Crippen molar-refractivity contribution in [2.75, 3.05) is 49.5 Å². The van der Waals surface area contributed by atoms with E-state index in [0.717, 1.165) is 41.6 Å². The Balaban J connectivity index is 0.787. The highest BCUT2D eigenvalue weighted by atomic mass is 19.1. The van der Waals surface area contributed by atoms with E-state index in [4.69, 9.17) is 0 Å². The molecule has 2 aromatic heterocycles. The van der Waals surface area contributed by atoms with Crippen LogP contribution in [-0.4, -0.2) is 99.5 Å². The van der Waals surface area contributed by atoms with E-state index in [1.165, 1.54) is 18.2 Å². The van der Waals surface area contributed by atoms with Gasteiger partial charge in [-0.15, -0.1) is 0 Å². The summed E-state index contributed by atoms with van der Waals surface area (Å²) in [4.78, 5) is 61.9. The van der Waals surface area contributed by atoms with Crippen molar-refractivity contribution in [3.05, 3.63) is 132 Å². The summed E-state index contributed by atoms with van der Waals surface area (Å²) in [6.07, 6.45) is 8.27. The SMILES string of the molecule is C[C@@H]1CN(c2ccc(C3CCC(=O)NC3=O)cc2F)C[C@H](C)N1CC1CCN(C(=O)Cn2cc(-c3ccc(NC(=O)[C@H](NCCc4ccc(F)cc4)c4ccccc4)nc3)cn2)CC1. The van der Waals surface area contributed by atoms with Crippen molar-refractivity contribution in [3.63, 3.8) is 0 Å². The predicted molar refractivity (Wildman–Crippen MR) is 240 cm³/mol. The van der Waals surface area contributed by atoms with Gasteiger partial charge in [0.2, 0.25) is 23.6 Å². The fraction of sp³-hybridized carbons (Fsp3) is 0.388.